The van der Waals surface area contributed by atoms with E-state index in [1.54, 1.807) is 7.05 Å². The number of methoxy groups -OCH3 is 1. The molecule has 1 unspecified atom stereocenters. The predicted molar refractivity (Wildman–Crippen MR) is 87.7 cm³/mol. The van der Waals surface area contributed by atoms with E-state index in [9.17, 15) is 18.5 Å². The van der Waals surface area contributed by atoms with Crippen LogP contribution in [0.5, 0.6) is 5.75 Å². The quantitative estimate of drug-likeness (QED) is 0.604. The molecule has 1 fully saturated rings. The summed E-state index contributed by atoms with van der Waals surface area (Å²) < 4.78 is 31.8. The molecule has 2 rings (SSSR count). The Bertz CT molecular complexity index is 668. The Morgan fingerprint density at radius 2 is 2.17 bits per heavy atom. The third-order valence-electron chi connectivity index (χ3n) is 3.72. The first-order valence-corrected chi connectivity index (χ1v) is 8.34. The summed E-state index contributed by atoms with van der Waals surface area (Å²) in [6, 6.07) is 3.59. The first-order valence-electron chi connectivity index (χ1n) is 6.90. The van der Waals surface area contributed by atoms with Crippen LogP contribution in [-0.4, -0.2) is 50.9 Å². The normalized spacial score (nSPS) is 18.4. The fraction of sp³-hybridized carbons (Fsp3) is 0.538. The molecule has 0 spiro atoms. The van der Waals surface area contributed by atoms with Crippen LogP contribution in [0.15, 0.2) is 23.1 Å². The molecule has 1 aliphatic heterocycles. The van der Waals surface area contributed by atoms with Crippen LogP contribution in [0.1, 0.15) is 12.8 Å². The molecule has 0 radical (unpaired) electrons. The zero-order valence-corrected chi connectivity index (χ0v) is 14.5. The molecule has 1 atom stereocenters. The van der Waals surface area contributed by atoms with Crippen LogP contribution in [0, 0.1) is 10.1 Å². The minimum atomic E-state index is -3.76. The summed E-state index contributed by atoms with van der Waals surface area (Å²) in [4.78, 5) is 10.3. The fourth-order valence-electron chi connectivity index (χ4n) is 2.67. The van der Waals surface area contributed by atoms with Crippen molar-refractivity contribution in [1.29, 1.82) is 0 Å². The standard InChI is InChI=1S/C13H19N3O5S.ClH/c1-14-9-10-4-3-7-15(10)22(19,20)11-5-6-13(21-2)12(8-11)16(17)18;/h5-6,8,10,14H,3-4,7,9H2,1-2H3;1H. The summed E-state index contributed by atoms with van der Waals surface area (Å²) in [6.45, 7) is 0.978. The number of hydrogen-bond donors (Lipinski definition) is 1. The number of halogens is 1. The summed E-state index contributed by atoms with van der Waals surface area (Å²) in [5.41, 5.74) is -0.354. The number of nitro groups is 1. The third kappa shape index (κ3) is 3.92. The van der Waals surface area contributed by atoms with Crippen molar-refractivity contribution in [3.05, 3.63) is 28.3 Å². The number of nitro benzene ring substituents is 1. The monoisotopic (exact) mass is 365 g/mol. The van der Waals surface area contributed by atoms with E-state index in [1.807, 2.05) is 0 Å². The largest absolute Gasteiger partial charge is 0.490 e. The van der Waals surface area contributed by atoms with E-state index < -0.39 is 14.9 Å². The average Bonchev–Trinajstić information content (AvgIpc) is 2.96. The number of rotatable bonds is 6. The van der Waals surface area contributed by atoms with E-state index in [4.69, 9.17) is 4.74 Å². The van der Waals surface area contributed by atoms with Crippen LogP contribution in [0.3, 0.4) is 0 Å². The van der Waals surface area contributed by atoms with Crippen LogP contribution in [0.2, 0.25) is 0 Å². The van der Waals surface area contributed by atoms with Crippen molar-refractivity contribution >= 4 is 28.1 Å². The summed E-state index contributed by atoms with van der Waals surface area (Å²) in [7, 11) is -0.687. The molecule has 8 nitrogen and oxygen atoms in total. The molecule has 1 aromatic carbocycles. The molecule has 0 aliphatic carbocycles. The van der Waals surface area contributed by atoms with E-state index in [2.05, 4.69) is 5.32 Å². The van der Waals surface area contributed by atoms with Gasteiger partial charge in [0.2, 0.25) is 10.0 Å². The van der Waals surface area contributed by atoms with Gasteiger partial charge >= 0.3 is 5.69 Å². The van der Waals surface area contributed by atoms with Gasteiger partial charge in [0.1, 0.15) is 0 Å². The van der Waals surface area contributed by atoms with Gasteiger partial charge < -0.3 is 10.1 Å². The van der Waals surface area contributed by atoms with Gasteiger partial charge in [0, 0.05) is 25.2 Å². The number of ether oxygens (including phenoxy) is 1. The average molecular weight is 366 g/mol. The van der Waals surface area contributed by atoms with Gasteiger partial charge in [-0.3, -0.25) is 10.1 Å². The minimum absolute atomic E-state index is 0. The lowest BCUT2D eigenvalue weighted by atomic mass is 10.2. The zero-order valence-electron chi connectivity index (χ0n) is 12.9. The Morgan fingerprint density at radius 3 is 2.74 bits per heavy atom. The number of nitrogens with one attached hydrogen (secondary N) is 1. The van der Waals surface area contributed by atoms with Crippen molar-refractivity contribution in [3.63, 3.8) is 0 Å². The second kappa shape index (κ2) is 7.91. The Morgan fingerprint density at radius 1 is 1.48 bits per heavy atom. The second-order valence-corrected chi connectivity index (χ2v) is 6.95. The molecule has 10 heteroatoms. The van der Waals surface area contributed by atoms with Gasteiger partial charge in [0.05, 0.1) is 16.9 Å². The maximum absolute atomic E-state index is 12.7. The molecule has 130 valence electrons. The molecule has 0 bridgehead atoms. The molecule has 0 saturated carbocycles. The Kier molecular flexibility index (Phi) is 6.75. The van der Waals surface area contributed by atoms with E-state index in [1.165, 1.54) is 23.5 Å². The Balaban J connectivity index is 0.00000264. The minimum Gasteiger partial charge on any atom is -0.490 e. The van der Waals surface area contributed by atoms with Crippen LogP contribution < -0.4 is 10.1 Å². The van der Waals surface area contributed by atoms with Gasteiger partial charge in [-0.2, -0.15) is 4.31 Å². The van der Waals surface area contributed by atoms with Crippen LogP contribution in [-0.2, 0) is 10.0 Å². The number of likely N-dealkylation sites (N-methyl/N-ethyl adjacent to an activating group) is 1. The lowest BCUT2D eigenvalue weighted by Gasteiger charge is -2.23. The highest BCUT2D eigenvalue weighted by Gasteiger charge is 2.35. The first kappa shape index (κ1) is 19.6. The highest BCUT2D eigenvalue weighted by atomic mass is 35.5. The summed E-state index contributed by atoms with van der Waals surface area (Å²) >= 11 is 0. The van der Waals surface area contributed by atoms with E-state index in [0.717, 1.165) is 18.9 Å². The van der Waals surface area contributed by atoms with Crippen molar-refractivity contribution in [2.24, 2.45) is 0 Å². The first-order chi connectivity index (χ1) is 10.4. The predicted octanol–water partition coefficient (Wildman–Crippen LogP) is 1.40. The van der Waals surface area contributed by atoms with Crippen LogP contribution >= 0.6 is 12.4 Å². The van der Waals surface area contributed by atoms with Gasteiger partial charge in [-0.25, -0.2) is 8.42 Å². The maximum atomic E-state index is 12.7. The molecule has 1 aromatic rings. The Hall–Kier alpha value is -1.42. The molecule has 1 N–H and O–H groups in total. The number of nitrogens with zero attached hydrogens (tertiary/aromatic N) is 2. The fourth-order valence-corrected chi connectivity index (χ4v) is 4.39. The molecule has 0 aromatic heterocycles. The van der Waals surface area contributed by atoms with Gasteiger partial charge in [-0.15, -0.1) is 12.4 Å². The lowest BCUT2D eigenvalue weighted by Crippen LogP contribution is -2.40. The molecular formula is C13H20ClN3O5S. The number of hydrogen-bond acceptors (Lipinski definition) is 6. The summed E-state index contributed by atoms with van der Waals surface area (Å²) in [5.74, 6) is 0.0390. The number of sulfonamides is 1. The van der Waals surface area contributed by atoms with Crippen LogP contribution in [0.25, 0.3) is 0 Å². The maximum Gasteiger partial charge on any atom is 0.312 e. The topological polar surface area (TPSA) is 102 Å². The van der Waals surface area contributed by atoms with Crippen molar-refractivity contribution in [2.75, 3.05) is 27.2 Å². The molecule has 1 aliphatic rings. The van der Waals surface area contributed by atoms with Crippen molar-refractivity contribution in [2.45, 2.75) is 23.8 Å². The van der Waals surface area contributed by atoms with E-state index >= 15 is 0 Å². The highest BCUT2D eigenvalue weighted by Crippen LogP contribution is 2.32. The summed E-state index contributed by atoms with van der Waals surface area (Å²) in [5, 5.41) is 14.0. The smallest absolute Gasteiger partial charge is 0.312 e. The lowest BCUT2D eigenvalue weighted by molar-refractivity contribution is -0.386. The molecule has 23 heavy (non-hydrogen) atoms. The van der Waals surface area contributed by atoms with Crippen molar-refractivity contribution in [3.8, 4) is 5.75 Å². The molecule has 0 amide bonds. The van der Waals surface area contributed by atoms with Crippen molar-refractivity contribution in [1.82, 2.24) is 9.62 Å². The SMILES string of the molecule is CNCC1CCCN1S(=O)(=O)c1ccc(OC)c([N+](=O)[O-])c1.Cl. The van der Waals surface area contributed by atoms with E-state index in [-0.39, 0.29) is 34.8 Å². The van der Waals surface area contributed by atoms with Gasteiger partial charge in [0.15, 0.2) is 5.75 Å². The number of benzene rings is 1. The van der Waals surface area contributed by atoms with E-state index in [0.29, 0.717) is 13.1 Å². The molecule has 1 saturated heterocycles. The summed E-state index contributed by atoms with van der Waals surface area (Å²) in [6.07, 6.45) is 1.56. The van der Waals surface area contributed by atoms with Gasteiger partial charge in [0.25, 0.3) is 0 Å². The van der Waals surface area contributed by atoms with Gasteiger partial charge in [-0.05, 0) is 32.0 Å². The van der Waals surface area contributed by atoms with Crippen molar-refractivity contribution < 1.29 is 18.1 Å². The molecular weight excluding hydrogens is 346 g/mol. The highest BCUT2D eigenvalue weighted by molar-refractivity contribution is 7.89. The Labute approximate surface area is 141 Å². The van der Waals surface area contributed by atoms with Crippen LogP contribution in [0.4, 0.5) is 5.69 Å². The zero-order chi connectivity index (χ0) is 16.3. The second-order valence-electron chi connectivity index (χ2n) is 5.06. The van der Waals surface area contributed by atoms with Gasteiger partial charge in [-0.1, -0.05) is 0 Å². The molecule has 1 heterocycles. The third-order valence-corrected chi connectivity index (χ3v) is 5.66.